The van der Waals surface area contributed by atoms with E-state index in [2.05, 4.69) is 17.5 Å². The van der Waals surface area contributed by atoms with Crippen molar-refractivity contribution in [1.82, 2.24) is 4.90 Å². The van der Waals surface area contributed by atoms with Gasteiger partial charge in [0.2, 0.25) is 0 Å². The largest absolute Gasteiger partial charge is 0.447 e. The Hall–Kier alpha value is -1.85. The van der Waals surface area contributed by atoms with Gasteiger partial charge in [0.15, 0.2) is 0 Å². The lowest BCUT2D eigenvalue weighted by Gasteiger charge is -2.32. The molecule has 0 saturated carbocycles. The summed E-state index contributed by atoms with van der Waals surface area (Å²) < 4.78 is 5.06. The molecule has 3 rings (SSSR count). The van der Waals surface area contributed by atoms with Crippen LogP contribution in [0, 0.1) is 0 Å². The third-order valence-corrected chi connectivity index (χ3v) is 4.54. The van der Waals surface area contributed by atoms with Crippen LogP contribution >= 0.6 is 0 Å². The monoisotopic (exact) mass is 316 g/mol. The molecule has 1 aromatic carbocycles. The molecule has 1 amide bonds. The first-order chi connectivity index (χ1) is 11.2. The molecule has 0 spiro atoms. The van der Waals surface area contributed by atoms with Crippen molar-refractivity contribution in [2.75, 3.05) is 31.1 Å². The Morgan fingerprint density at radius 2 is 2.26 bits per heavy atom. The second-order valence-electron chi connectivity index (χ2n) is 6.19. The number of hydrogen-bond donors (Lipinski definition) is 1. The van der Waals surface area contributed by atoms with Gasteiger partial charge in [-0.25, -0.2) is 4.79 Å². The molecule has 5 nitrogen and oxygen atoms in total. The van der Waals surface area contributed by atoms with Crippen molar-refractivity contribution in [3.05, 3.63) is 42.0 Å². The highest BCUT2D eigenvalue weighted by Crippen LogP contribution is 2.30. The van der Waals surface area contributed by atoms with Crippen LogP contribution in [0.3, 0.4) is 0 Å². The normalized spacial score (nSPS) is 19.3. The lowest BCUT2D eigenvalue weighted by atomic mass is 9.96. The van der Waals surface area contributed by atoms with Gasteiger partial charge in [0, 0.05) is 19.6 Å². The number of ether oxygens (including phenoxy) is 1. The van der Waals surface area contributed by atoms with Gasteiger partial charge in [-0.1, -0.05) is 18.2 Å². The van der Waals surface area contributed by atoms with Gasteiger partial charge in [-0.05, 0) is 36.5 Å². The van der Waals surface area contributed by atoms with Gasteiger partial charge in [-0.2, -0.15) is 0 Å². The van der Waals surface area contributed by atoms with E-state index < -0.39 is 0 Å². The minimum absolute atomic E-state index is 0.249. The average molecular weight is 316 g/mol. The Bertz CT molecular complexity index is 588. The number of amides is 1. The molecule has 2 aliphatic rings. The van der Waals surface area contributed by atoms with Crippen LogP contribution in [-0.2, 0) is 17.7 Å². The number of nitrogens with zero attached hydrogens (tertiary/aromatic N) is 2. The van der Waals surface area contributed by atoms with Crippen molar-refractivity contribution in [2.45, 2.75) is 31.9 Å². The molecule has 2 heterocycles. The SMILES string of the molecule is C=CCCC(O)CN1CCc2c(cccc2N2CCOC2=O)C1. The minimum Gasteiger partial charge on any atom is -0.447 e. The fourth-order valence-electron chi connectivity index (χ4n) is 3.37. The molecule has 1 fully saturated rings. The number of carbonyl (C=O) groups is 1. The van der Waals surface area contributed by atoms with Gasteiger partial charge in [-0.3, -0.25) is 9.80 Å². The van der Waals surface area contributed by atoms with Gasteiger partial charge in [0.25, 0.3) is 0 Å². The number of anilines is 1. The molecular weight excluding hydrogens is 292 g/mol. The number of benzene rings is 1. The van der Waals surface area contributed by atoms with E-state index in [1.54, 1.807) is 4.90 Å². The molecule has 0 aliphatic carbocycles. The summed E-state index contributed by atoms with van der Waals surface area (Å²) in [5, 5.41) is 10.1. The Morgan fingerprint density at radius 1 is 1.39 bits per heavy atom. The number of carbonyl (C=O) groups excluding carboxylic acids is 1. The molecule has 1 N–H and O–H groups in total. The van der Waals surface area contributed by atoms with Gasteiger partial charge < -0.3 is 9.84 Å². The predicted octanol–water partition coefficient (Wildman–Crippen LogP) is 2.33. The van der Waals surface area contributed by atoms with E-state index in [1.165, 1.54) is 11.1 Å². The van der Waals surface area contributed by atoms with E-state index in [-0.39, 0.29) is 12.2 Å². The molecule has 5 heteroatoms. The van der Waals surface area contributed by atoms with E-state index >= 15 is 0 Å². The van der Waals surface area contributed by atoms with E-state index in [0.29, 0.717) is 19.7 Å². The molecule has 0 aromatic heterocycles. The van der Waals surface area contributed by atoms with Gasteiger partial charge in [0.05, 0.1) is 18.3 Å². The van der Waals surface area contributed by atoms with Crippen molar-refractivity contribution in [3.8, 4) is 0 Å². The average Bonchev–Trinajstić information content (AvgIpc) is 2.98. The van der Waals surface area contributed by atoms with Crippen LogP contribution < -0.4 is 4.90 Å². The van der Waals surface area contributed by atoms with Crippen molar-refractivity contribution < 1.29 is 14.6 Å². The summed E-state index contributed by atoms with van der Waals surface area (Å²) in [6, 6.07) is 6.11. The fraction of sp³-hybridized carbons (Fsp3) is 0.500. The van der Waals surface area contributed by atoms with Crippen molar-refractivity contribution in [2.24, 2.45) is 0 Å². The first-order valence-electron chi connectivity index (χ1n) is 8.25. The number of aliphatic hydroxyl groups excluding tert-OH is 1. The maximum atomic E-state index is 11.8. The summed E-state index contributed by atoms with van der Waals surface area (Å²) in [6.45, 7) is 7.18. The number of hydrogen-bond acceptors (Lipinski definition) is 4. The highest BCUT2D eigenvalue weighted by molar-refractivity contribution is 5.90. The number of rotatable bonds is 6. The Balaban J connectivity index is 1.70. The topological polar surface area (TPSA) is 53.0 Å². The summed E-state index contributed by atoms with van der Waals surface area (Å²) in [7, 11) is 0. The predicted molar refractivity (Wildman–Crippen MR) is 89.6 cm³/mol. The number of cyclic esters (lactones) is 1. The summed E-state index contributed by atoms with van der Waals surface area (Å²) in [6.07, 6.45) is 3.77. The summed E-state index contributed by atoms with van der Waals surface area (Å²) in [5.41, 5.74) is 3.46. The zero-order valence-corrected chi connectivity index (χ0v) is 13.4. The summed E-state index contributed by atoms with van der Waals surface area (Å²) >= 11 is 0. The van der Waals surface area contributed by atoms with Gasteiger partial charge in [0.1, 0.15) is 6.61 Å². The van der Waals surface area contributed by atoms with Crippen LogP contribution in [0.1, 0.15) is 24.0 Å². The van der Waals surface area contributed by atoms with Gasteiger partial charge in [-0.15, -0.1) is 6.58 Å². The van der Waals surface area contributed by atoms with E-state index in [4.69, 9.17) is 4.74 Å². The second-order valence-corrected chi connectivity index (χ2v) is 6.19. The standard InChI is InChI=1S/C18H24N2O3/c1-2-3-6-15(21)13-19-9-8-16-14(12-19)5-4-7-17(16)20-10-11-23-18(20)22/h2,4-5,7,15,21H,1,3,6,8-13H2. The van der Waals surface area contributed by atoms with Crippen LogP contribution in [0.2, 0.25) is 0 Å². The Labute approximate surface area is 137 Å². The van der Waals surface area contributed by atoms with E-state index in [9.17, 15) is 9.90 Å². The summed E-state index contributed by atoms with van der Waals surface area (Å²) in [4.78, 5) is 15.8. The van der Waals surface area contributed by atoms with Crippen LogP contribution in [0.15, 0.2) is 30.9 Å². The lowest BCUT2D eigenvalue weighted by Crippen LogP contribution is -2.37. The Kier molecular flexibility index (Phi) is 4.98. The van der Waals surface area contributed by atoms with Crippen LogP contribution in [-0.4, -0.2) is 48.4 Å². The lowest BCUT2D eigenvalue weighted by molar-refractivity contribution is 0.0995. The van der Waals surface area contributed by atoms with Crippen LogP contribution in [0.25, 0.3) is 0 Å². The van der Waals surface area contributed by atoms with Crippen LogP contribution in [0.4, 0.5) is 10.5 Å². The van der Waals surface area contributed by atoms with E-state index in [1.807, 2.05) is 18.2 Å². The molecular formula is C18H24N2O3. The molecule has 124 valence electrons. The van der Waals surface area contributed by atoms with Crippen molar-refractivity contribution in [3.63, 3.8) is 0 Å². The van der Waals surface area contributed by atoms with Gasteiger partial charge >= 0.3 is 6.09 Å². The Morgan fingerprint density at radius 3 is 3.00 bits per heavy atom. The third-order valence-electron chi connectivity index (χ3n) is 4.54. The zero-order chi connectivity index (χ0) is 16.2. The molecule has 2 aliphatic heterocycles. The maximum Gasteiger partial charge on any atom is 0.414 e. The highest BCUT2D eigenvalue weighted by Gasteiger charge is 2.28. The second kappa shape index (κ2) is 7.15. The quantitative estimate of drug-likeness (QED) is 0.819. The molecule has 1 atom stereocenters. The third kappa shape index (κ3) is 3.57. The van der Waals surface area contributed by atoms with Crippen LogP contribution in [0.5, 0.6) is 0 Å². The number of β-amino-alcohol motifs (C(OH)–C–C–N with tert-alkyl or cyclic N) is 1. The smallest absolute Gasteiger partial charge is 0.414 e. The maximum absolute atomic E-state index is 11.8. The first-order valence-corrected chi connectivity index (χ1v) is 8.25. The summed E-state index contributed by atoms with van der Waals surface area (Å²) in [5.74, 6) is 0. The van der Waals surface area contributed by atoms with E-state index in [0.717, 1.165) is 38.0 Å². The molecule has 23 heavy (non-hydrogen) atoms. The number of aliphatic hydroxyl groups is 1. The molecule has 1 saturated heterocycles. The molecule has 0 radical (unpaired) electrons. The fourth-order valence-corrected chi connectivity index (χ4v) is 3.37. The number of fused-ring (bicyclic) bond motifs is 1. The number of allylic oxidation sites excluding steroid dienone is 1. The molecule has 0 bridgehead atoms. The van der Waals surface area contributed by atoms with Crippen molar-refractivity contribution in [1.29, 1.82) is 0 Å². The molecule has 1 unspecified atom stereocenters. The molecule has 1 aromatic rings. The van der Waals surface area contributed by atoms with Crippen molar-refractivity contribution >= 4 is 11.8 Å². The minimum atomic E-state index is -0.314. The first kappa shape index (κ1) is 16.0. The zero-order valence-electron chi connectivity index (χ0n) is 13.4. The highest BCUT2D eigenvalue weighted by atomic mass is 16.6.